The van der Waals surface area contributed by atoms with E-state index in [-0.39, 0.29) is 5.69 Å². The van der Waals surface area contributed by atoms with Crippen LogP contribution in [0.1, 0.15) is 10.5 Å². The minimum absolute atomic E-state index is 0.0191. The Kier molecular flexibility index (Phi) is 5.78. The molecule has 0 aliphatic rings. The predicted octanol–water partition coefficient (Wildman–Crippen LogP) is 3.19. The molecule has 23 heavy (non-hydrogen) atoms. The lowest BCUT2D eigenvalue weighted by atomic mass is 10.3. The third-order valence-electron chi connectivity index (χ3n) is 2.70. The Morgan fingerprint density at radius 2 is 1.91 bits per heavy atom. The maximum absolute atomic E-state index is 11.9. The number of benzene rings is 1. The highest BCUT2D eigenvalue weighted by Crippen LogP contribution is 2.27. The van der Waals surface area contributed by atoms with Crippen LogP contribution in [0, 0.1) is 0 Å². The topological polar surface area (TPSA) is 77.5 Å². The molecule has 1 heterocycles. The second-order valence-corrected chi connectivity index (χ2v) is 5.20. The first-order valence-electron chi connectivity index (χ1n) is 6.41. The molecule has 0 aliphatic carbocycles. The van der Waals surface area contributed by atoms with Gasteiger partial charge in [-0.3, -0.25) is 4.79 Å². The van der Waals surface area contributed by atoms with Crippen LogP contribution in [0.15, 0.2) is 36.5 Å². The summed E-state index contributed by atoms with van der Waals surface area (Å²) in [5.74, 6) is -0.854. The van der Waals surface area contributed by atoms with Crippen molar-refractivity contribution in [3.8, 4) is 5.75 Å². The molecule has 0 unspecified atom stereocenters. The maximum atomic E-state index is 11.9. The molecule has 0 spiro atoms. The molecule has 0 fully saturated rings. The summed E-state index contributed by atoms with van der Waals surface area (Å²) < 4.78 is 9.98. The Hall–Kier alpha value is -2.31. The van der Waals surface area contributed by atoms with Crippen LogP contribution < -0.4 is 10.1 Å². The molecule has 0 saturated carbocycles. The number of rotatable bonds is 5. The molecule has 2 rings (SSSR count). The van der Waals surface area contributed by atoms with Crippen LogP contribution >= 0.6 is 23.2 Å². The number of aromatic nitrogens is 1. The number of hydrogen-bond acceptors (Lipinski definition) is 5. The van der Waals surface area contributed by atoms with E-state index in [9.17, 15) is 9.59 Å². The second kappa shape index (κ2) is 7.80. The summed E-state index contributed by atoms with van der Waals surface area (Å²) in [6.45, 7) is -0.483. The van der Waals surface area contributed by atoms with Crippen LogP contribution in [-0.2, 0) is 9.53 Å². The summed E-state index contributed by atoms with van der Waals surface area (Å²) in [5, 5.41) is 3.33. The zero-order chi connectivity index (χ0) is 16.8. The molecule has 1 aromatic heterocycles. The molecule has 1 N–H and O–H groups in total. The first kappa shape index (κ1) is 17.1. The van der Waals surface area contributed by atoms with Crippen LogP contribution in [0.5, 0.6) is 5.75 Å². The van der Waals surface area contributed by atoms with E-state index >= 15 is 0 Å². The van der Waals surface area contributed by atoms with E-state index in [2.05, 4.69) is 10.3 Å². The molecule has 0 bridgehead atoms. The van der Waals surface area contributed by atoms with Crippen LogP contribution in [0.2, 0.25) is 10.0 Å². The smallest absolute Gasteiger partial charge is 0.357 e. The lowest BCUT2D eigenvalue weighted by molar-refractivity contribution is -0.119. The average molecular weight is 355 g/mol. The van der Waals surface area contributed by atoms with Crippen molar-refractivity contribution in [3.63, 3.8) is 0 Å². The Morgan fingerprint density at radius 1 is 1.17 bits per heavy atom. The summed E-state index contributed by atoms with van der Waals surface area (Å²) >= 11 is 11.6. The summed E-state index contributed by atoms with van der Waals surface area (Å²) in [4.78, 5) is 27.4. The van der Waals surface area contributed by atoms with Crippen LogP contribution in [-0.4, -0.2) is 30.6 Å². The van der Waals surface area contributed by atoms with Gasteiger partial charge in [-0.1, -0.05) is 23.2 Å². The van der Waals surface area contributed by atoms with Gasteiger partial charge in [-0.25, -0.2) is 9.78 Å². The van der Waals surface area contributed by atoms with Gasteiger partial charge < -0.3 is 14.8 Å². The number of carbonyl (C=O) groups excluding carboxylic acids is 2. The number of carbonyl (C=O) groups is 2. The fraction of sp³-hybridized carbons (Fsp3) is 0.133. The zero-order valence-electron chi connectivity index (χ0n) is 12.0. The van der Waals surface area contributed by atoms with Crippen molar-refractivity contribution in [3.05, 3.63) is 52.3 Å². The summed E-state index contributed by atoms with van der Waals surface area (Å²) in [7, 11) is 1.46. The number of ether oxygens (including phenoxy) is 2. The molecule has 0 saturated heterocycles. The monoisotopic (exact) mass is 354 g/mol. The predicted molar refractivity (Wildman–Crippen MR) is 86.2 cm³/mol. The van der Waals surface area contributed by atoms with E-state index in [1.807, 2.05) is 0 Å². The molecular formula is C15H12Cl2N2O4. The molecule has 1 aromatic carbocycles. The van der Waals surface area contributed by atoms with Gasteiger partial charge in [0.1, 0.15) is 11.4 Å². The molecule has 6 nitrogen and oxygen atoms in total. The van der Waals surface area contributed by atoms with Gasteiger partial charge in [-0.15, -0.1) is 0 Å². The molecule has 0 atom stereocenters. The molecule has 120 valence electrons. The highest BCUT2D eigenvalue weighted by molar-refractivity contribution is 6.31. The Balaban J connectivity index is 1.95. The van der Waals surface area contributed by atoms with Gasteiger partial charge in [-0.2, -0.15) is 0 Å². The average Bonchev–Trinajstić information content (AvgIpc) is 2.53. The van der Waals surface area contributed by atoms with Gasteiger partial charge in [0, 0.05) is 16.2 Å². The molecule has 0 radical (unpaired) electrons. The van der Waals surface area contributed by atoms with Crippen molar-refractivity contribution < 1.29 is 19.1 Å². The normalized spacial score (nSPS) is 10.0. The van der Waals surface area contributed by atoms with E-state index in [4.69, 9.17) is 32.7 Å². The van der Waals surface area contributed by atoms with E-state index in [1.54, 1.807) is 12.1 Å². The van der Waals surface area contributed by atoms with Crippen molar-refractivity contribution in [2.45, 2.75) is 0 Å². The van der Waals surface area contributed by atoms with Crippen LogP contribution in [0.25, 0.3) is 0 Å². The molecule has 1 amide bonds. The molecular weight excluding hydrogens is 343 g/mol. The SMILES string of the molecule is COc1ccc(Cl)cc1NC(=O)COC(=O)c1cc(Cl)ccn1. The fourth-order valence-corrected chi connectivity index (χ4v) is 2.02. The van der Waals surface area contributed by atoms with Crippen molar-refractivity contribution in [2.24, 2.45) is 0 Å². The van der Waals surface area contributed by atoms with Gasteiger partial charge >= 0.3 is 5.97 Å². The van der Waals surface area contributed by atoms with E-state index < -0.39 is 18.5 Å². The number of esters is 1. The number of hydrogen-bond donors (Lipinski definition) is 1. The third kappa shape index (κ3) is 4.84. The fourth-order valence-electron chi connectivity index (χ4n) is 1.69. The Bertz CT molecular complexity index is 737. The van der Waals surface area contributed by atoms with Crippen LogP contribution in [0.3, 0.4) is 0 Å². The van der Waals surface area contributed by atoms with Crippen LogP contribution in [0.4, 0.5) is 5.69 Å². The minimum atomic E-state index is -0.749. The van der Waals surface area contributed by atoms with Gasteiger partial charge in [0.05, 0.1) is 12.8 Å². The number of nitrogens with zero attached hydrogens (tertiary/aromatic N) is 1. The maximum Gasteiger partial charge on any atom is 0.357 e. The van der Waals surface area contributed by atoms with Crippen molar-refractivity contribution in [1.82, 2.24) is 4.98 Å². The number of amides is 1. The van der Waals surface area contributed by atoms with Crippen molar-refractivity contribution in [1.29, 1.82) is 0 Å². The quantitative estimate of drug-likeness (QED) is 0.834. The van der Waals surface area contributed by atoms with Crippen molar-refractivity contribution >= 4 is 40.8 Å². The van der Waals surface area contributed by atoms with E-state index in [0.29, 0.717) is 21.5 Å². The standard InChI is InChI=1S/C15H12Cl2N2O4/c1-22-13-3-2-9(16)6-11(13)19-14(20)8-23-15(21)12-7-10(17)4-5-18-12/h2-7H,8H2,1H3,(H,19,20). The molecule has 2 aromatic rings. The van der Waals surface area contributed by atoms with Gasteiger partial charge in [-0.05, 0) is 30.3 Å². The van der Waals surface area contributed by atoms with Gasteiger partial charge in [0.15, 0.2) is 6.61 Å². The first-order chi connectivity index (χ1) is 11.0. The number of pyridine rings is 1. The second-order valence-electron chi connectivity index (χ2n) is 4.33. The first-order valence-corrected chi connectivity index (χ1v) is 7.17. The number of anilines is 1. The van der Waals surface area contributed by atoms with Gasteiger partial charge in [0.2, 0.25) is 0 Å². The molecule has 8 heteroatoms. The molecule has 0 aliphatic heterocycles. The summed E-state index contributed by atoms with van der Waals surface area (Å²) in [6.07, 6.45) is 1.37. The largest absolute Gasteiger partial charge is 0.495 e. The lowest BCUT2D eigenvalue weighted by Crippen LogP contribution is -2.21. The Morgan fingerprint density at radius 3 is 2.61 bits per heavy atom. The zero-order valence-corrected chi connectivity index (χ0v) is 13.5. The summed E-state index contributed by atoms with van der Waals surface area (Å²) in [5.41, 5.74) is 0.396. The number of halogens is 2. The highest BCUT2D eigenvalue weighted by Gasteiger charge is 2.13. The third-order valence-corrected chi connectivity index (χ3v) is 3.17. The lowest BCUT2D eigenvalue weighted by Gasteiger charge is -2.10. The van der Waals surface area contributed by atoms with E-state index in [1.165, 1.54) is 31.5 Å². The number of methoxy groups -OCH3 is 1. The highest BCUT2D eigenvalue weighted by atomic mass is 35.5. The van der Waals surface area contributed by atoms with Crippen molar-refractivity contribution in [2.75, 3.05) is 19.0 Å². The minimum Gasteiger partial charge on any atom is -0.495 e. The Labute approximate surface area is 142 Å². The van der Waals surface area contributed by atoms with E-state index in [0.717, 1.165) is 0 Å². The summed E-state index contributed by atoms with van der Waals surface area (Å²) in [6, 6.07) is 7.64. The van der Waals surface area contributed by atoms with Gasteiger partial charge in [0.25, 0.3) is 5.91 Å². The number of nitrogens with one attached hydrogen (secondary N) is 1.